The lowest BCUT2D eigenvalue weighted by Gasteiger charge is -2.23. The Labute approximate surface area is 145 Å². The van der Waals surface area contributed by atoms with Crippen LogP contribution >= 0.6 is 0 Å². The molecule has 142 valence electrons. The van der Waals surface area contributed by atoms with E-state index in [0.29, 0.717) is 0 Å². The molecule has 0 aliphatic carbocycles. The molecule has 1 atom stereocenters. The van der Waals surface area contributed by atoms with E-state index in [1.54, 1.807) is 20.8 Å². The summed E-state index contributed by atoms with van der Waals surface area (Å²) in [7, 11) is 1.42. The van der Waals surface area contributed by atoms with Gasteiger partial charge in [-0.25, -0.2) is 0 Å². The first-order valence-corrected chi connectivity index (χ1v) is 7.85. The summed E-state index contributed by atoms with van der Waals surface area (Å²) in [6.45, 7) is 5.15. The highest BCUT2D eigenvalue weighted by atomic mass is 19.4. The van der Waals surface area contributed by atoms with E-state index < -0.39 is 29.4 Å². The van der Waals surface area contributed by atoms with Crippen LogP contribution in [0.1, 0.15) is 38.3 Å². The van der Waals surface area contributed by atoms with Crippen LogP contribution in [0.15, 0.2) is 18.2 Å². The highest BCUT2D eigenvalue weighted by Gasteiger charge is 2.34. The average molecular weight is 362 g/mol. The van der Waals surface area contributed by atoms with Gasteiger partial charge in [0.15, 0.2) is 0 Å². The highest BCUT2D eigenvalue weighted by Crippen LogP contribution is 2.35. The summed E-state index contributed by atoms with van der Waals surface area (Å²) < 4.78 is 50.4. The number of rotatable bonds is 7. The largest absolute Gasteiger partial charge is 0.488 e. The maximum atomic E-state index is 13.3. The molecular weight excluding hydrogens is 337 g/mol. The minimum atomic E-state index is -4.55. The van der Waals surface area contributed by atoms with Crippen molar-refractivity contribution in [2.45, 2.75) is 51.6 Å². The van der Waals surface area contributed by atoms with Crippen molar-refractivity contribution in [2.24, 2.45) is 5.73 Å². The standard InChI is InChI=1S/C17H25F3N2O3/c1-16(2,3)25-12-6-5-11(14(7-12)17(18,19)20)10-22-15(23)8-13(9-21)24-4/h5-7,13H,8-10,21H2,1-4H3,(H,22,23). The Morgan fingerprint density at radius 1 is 1.28 bits per heavy atom. The molecule has 25 heavy (non-hydrogen) atoms. The molecule has 0 aliphatic heterocycles. The van der Waals surface area contributed by atoms with Gasteiger partial charge in [-0.15, -0.1) is 0 Å². The van der Waals surface area contributed by atoms with Gasteiger partial charge in [-0.3, -0.25) is 4.79 Å². The number of methoxy groups -OCH3 is 1. The van der Waals surface area contributed by atoms with Crippen molar-refractivity contribution >= 4 is 5.91 Å². The topological polar surface area (TPSA) is 73.6 Å². The SMILES string of the molecule is COC(CN)CC(=O)NCc1ccc(OC(C)(C)C)cc1C(F)(F)F. The minimum Gasteiger partial charge on any atom is -0.488 e. The Morgan fingerprint density at radius 2 is 1.92 bits per heavy atom. The molecular formula is C17H25F3N2O3. The van der Waals surface area contributed by atoms with Crippen LogP contribution in [0.4, 0.5) is 13.2 Å². The van der Waals surface area contributed by atoms with E-state index in [0.717, 1.165) is 6.07 Å². The molecule has 8 heteroatoms. The monoisotopic (exact) mass is 362 g/mol. The zero-order chi connectivity index (χ0) is 19.3. The van der Waals surface area contributed by atoms with Crippen LogP contribution < -0.4 is 15.8 Å². The van der Waals surface area contributed by atoms with Gasteiger partial charge in [0.25, 0.3) is 0 Å². The molecule has 3 N–H and O–H groups in total. The number of benzene rings is 1. The van der Waals surface area contributed by atoms with Crippen LogP contribution in [-0.2, 0) is 22.3 Å². The maximum Gasteiger partial charge on any atom is 0.416 e. The number of alkyl halides is 3. The molecule has 0 saturated carbocycles. The predicted octanol–water partition coefficient (Wildman–Crippen LogP) is 2.86. The third-order valence-corrected chi connectivity index (χ3v) is 3.30. The molecule has 5 nitrogen and oxygen atoms in total. The predicted molar refractivity (Wildman–Crippen MR) is 88.1 cm³/mol. The Hall–Kier alpha value is -1.80. The summed E-state index contributed by atoms with van der Waals surface area (Å²) in [4.78, 5) is 11.8. The van der Waals surface area contributed by atoms with E-state index >= 15 is 0 Å². The number of amides is 1. The summed E-state index contributed by atoms with van der Waals surface area (Å²) in [6, 6.07) is 3.71. The number of carbonyl (C=O) groups excluding carboxylic acids is 1. The molecule has 0 fully saturated rings. The summed E-state index contributed by atoms with van der Waals surface area (Å²) in [6.07, 6.45) is -5.03. The smallest absolute Gasteiger partial charge is 0.416 e. The van der Waals surface area contributed by atoms with Crippen LogP contribution in [-0.4, -0.2) is 31.3 Å². The highest BCUT2D eigenvalue weighted by molar-refractivity contribution is 5.76. The number of carbonyl (C=O) groups is 1. The number of halogens is 3. The van der Waals surface area contributed by atoms with Crippen molar-refractivity contribution in [1.29, 1.82) is 0 Å². The zero-order valence-corrected chi connectivity index (χ0v) is 14.9. The molecule has 1 amide bonds. The van der Waals surface area contributed by atoms with Gasteiger partial charge < -0.3 is 20.5 Å². The van der Waals surface area contributed by atoms with E-state index in [1.807, 2.05) is 0 Å². The van der Waals surface area contributed by atoms with Crippen LogP contribution in [0.2, 0.25) is 0 Å². The number of hydrogen-bond donors (Lipinski definition) is 2. The third-order valence-electron chi connectivity index (χ3n) is 3.30. The second-order valence-corrected chi connectivity index (χ2v) is 6.61. The normalized spacial score (nSPS) is 13.4. The van der Waals surface area contributed by atoms with Gasteiger partial charge >= 0.3 is 6.18 Å². The molecule has 0 aromatic heterocycles. The first-order chi connectivity index (χ1) is 11.5. The first kappa shape index (κ1) is 21.2. The van der Waals surface area contributed by atoms with Crippen LogP contribution in [0.25, 0.3) is 0 Å². The van der Waals surface area contributed by atoms with E-state index in [-0.39, 0.29) is 30.8 Å². The molecule has 0 bridgehead atoms. The van der Waals surface area contributed by atoms with Gasteiger partial charge in [0, 0.05) is 20.2 Å². The quantitative estimate of drug-likeness (QED) is 0.782. The minimum absolute atomic E-state index is 0.0143. The number of nitrogens with two attached hydrogens (primary N) is 1. The second kappa shape index (κ2) is 8.53. The lowest BCUT2D eigenvalue weighted by Crippen LogP contribution is -2.32. The summed E-state index contributed by atoms with van der Waals surface area (Å²) in [5.41, 5.74) is 3.93. The molecule has 0 spiro atoms. The average Bonchev–Trinajstić information content (AvgIpc) is 2.48. The Balaban J connectivity index is 2.90. The van der Waals surface area contributed by atoms with Gasteiger partial charge in [0.2, 0.25) is 5.91 Å². The lowest BCUT2D eigenvalue weighted by molar-refractivity contribution is -0.138. The number of nitrogens with one attached hydrogen (secondary N) is 1. The molecule has 0 radical (unpaired) electrons. The fourth-order valence-corrected chi connectivity index (χ4v) is 2.13. The van der Waals surface area contributed by atoms with Crippen molar-refractivity contribution in [3.63, 3.8) is 0 Å². The molecule has 0 saturated heterocycles. The van der Waals surface area contributed by atoms with Crippen LogP contribution in [0, 0.1) is 0 Å². The molecule has 0 heterocycles. The van der Waals surface area contributed by atoms with Gasteiger partial charge in [0.05, 0.1) is 18.1 Å². The molecule has 1 aromatic carbocycles. The molecule has 0 aliphatic rings. The zero-order valence-electron chi connectivity index (χ0n) is 14.9. The van der Waals surface area contributed by atoms with Gasteiger partial charge in [0.1, 0.15) is 11.4 Å². The maximum absolute atomic E-state index is 13.3. The fourth-order valence-electron chi connectivity index (χ4n) is 2.13. The fraction of sp³-hybridized carbons (Fsp3) is 0.588. The van der Waals surface area contributed by atoms with Crippen molar-refractivity contribution in [3.8, 4) is 5.75 Å². The van der Waals surface area contributed by atoms with E-state index in [1.165, 1.54) is 19.2 Å². The second-order valence-electron chi connectivity index (χ2n) is 6.61. The van der Waals surface area contributed by atoms with Crippen molar-refractivity contribution < 1.29 is 27.4 Å². The number of ether oxygens (including phenoxy) is 2. The molecule has 1 rings (SSSR count). The molecule has 1 aromatic rings. The van der Waals surface area contributed by atoms with Gasteiger partial charge in [-0.1, -0.05) is 6.07 Å². The van der Waals surface area contributed by atoms with Crippen LogP contribution in [0.5, 0.6) is 5.75 Å². The van der Waals surface area contributed by atoms with E-state index in [2.05, 4.69) is 5.32 Å². The summed E-state index contributed by atoms with van der Waals surface area (Å²) in [5, 5.41) is 2.46. The molecule has 1 unspecified atom stereocenters. The van der Waals surface area contributed by atoms with Crippen LogP contribution in [0.3, 0.4) is 0 Å². The Bertz CT molecular complexity index is 579. The van der Waals surface area contributed by atoms with Crippen molar-refractivity contribution in [1.82, 2.24) is 5.32 Å². The summed E-state index contributed by atoms with van der Waals surface area (Å²) >= 11 is 0. The lowest BCUT2D eigenvalue weighted by atomic mass is 10.1. The summed E-state index contributed by atoms with van der Waals surface area (Å²) in [5.74, 6) is -0.307. The third kappa shape index (κ3) is 7.31. The van der Waals surface area contributed by atoms with Crippen molar-refractivity contribution in [3.05, 3.63) is 29.3 Å². The number of hydrogen-bond acceptors (Lipinski definition) is 4. The van der Waals surface area contributed by atoms with E-state index in [9.17, 15) is 18.0 Å². The van der Waals surface area contributed by atoms with Gasteiger partial charge in [-0.05, 0) is 38.5 Å². The van der Waals surface area contributed by atoms with Crippen molar-refractivity contribution in [2.75, 3.05) is 13.7 Å². The Kier molecular flexibility index (Phi) is 7.25. The van der Waals surface area contributed by atoms with Gasteiger partial charge in [-0.2, -0.15) is 13.2 Å². The first-order valence-electron chi connectivity index (χ1n) is 7.85. The van der Waals surface area contributed by atoms with E-state index in [4.69, 9.17) is 15.2 Å². The Morgan fingerprint density at radius 3 is 2.40 bits per heavy atom.